The molecule has 3 heteroatoms. The lowest BCUT2D eigenvalue weighted by Gasteiger charge is -2.36. The first-order valence-electron chi connectivity index (χ1n) is 7.36. The van der Waals surface area contributed by atoms with Crippen LogP contribution in [0.4, 0.5) is 0 Å². The summed E-state index contributed by atoms with van der Waals surface area (Å²) >= 11 is 6.05. The number of methoxy groups -OCH3 is 1. The SMILES string of the molecule is COc1ccc(CNC2CC(c3cccc(Cl)c3)C2)cc1. The molecule has 0 saturated heterocycles. The van der Waals surface area contributed by atoms with Gasteiger partial charge in [-0.1, -0.05) is 35.9 Å². The largest absolute Gasteiger partial charge is 0.497 e. The second-order valence-corrected chi connectivity index (χ2v) is 6.09. The van der Waals surface area contributed by atoms with Crippen molar-refractivity contribution in [1.29, 1.82) is 0 Å². The Labute approximate surface area is 131 Å². The fourth-order valence-electron chi connectivity index (χ4n) is 2.82. The van der Waals surface area contributed by atoms with Gasteiger partial charge in [0.05, 0.1) is 7.11 Å². The van der Waals surface area contributed by atoms with Gasteiger partial charge in [-0.2, -0.15) is 0 Å². The molecule has 2 aromatic rings. The summed E-state index contributed by atoms with van der Waals surface area (Å²) in [6.45, 7) is 0.914. The van der Waals surface area contributed by atoms with E-state index in [0.717, 1.165) is 17.3 Å². The van der Waals surface area contributed by atoms with Gasteiger partial charge in [-0.15, -0.1) is 0 Å². The third-order valence-corrected chi connectivity index (χ3v) is 4.45. The van der Waals surface area contributed by atoms with Gasteiger partial charge in [0.1, 0.15) is 5.75 Å². The molecule has 2 aromatic carbocycles. The van der Waals surface area contributed by atoms with E-state index in [0.29, 0.717) is 12.0 Å². The highest BCUT2D eigenvalue weighted by Gasteiger charge is 2.29. The molecule has 21 heavy (non-hydrogen) atoms. The average molecular weight is 302 g/mol. The third-order valence-electron chi connectivity index (χ3n) is 4.21. The quantitative estimate of drug-likeness (QED) is 0.884. The zero-order valence-corrected chi connectivity index (χ0v) is 12.9. The van der Waals surface area contributed by atoms with Crippen LogP contribution in [0.5, 0.6) is 5.75 Å². The first kappa shape index (κ1) is 14.4. The highest BCUT2D eigenvalue weighted by molar-refractivity contribution is 6.30. The number of hydrogen-bond acceptors (Lipinski definition) is 2. The van der Waals surface area contributed by atoms with Crippen LogP contribution < -0.4 is 10.1 Å². The van der Waals surface area contributed by atoms with Crippen LogP contribution in [0.2, 0.25) is 5.02 Å². The van der Waals surface area contributed by atoms with E-state index in [-0.39, 0.29) is 0 Å². The zero-order valence-electron chi connectivity index (χ0n) is 12.2. The third kappa shape index (κ3) is 3.58. The molecule has 0 bridgehead atoms. The topological polar surface area (TPSA) is 21.3 Å². The Morgan fingerprint density at radius 1 is 1.14 bits per heavy atom. The van der Waals surface area contributed by atoms with Gasteiger partial charge in [-0.05, 0) is 54.2 Å². The summed E-state index contributed by atoms with van der Waals surface area (Å²) in [7, 11) is 1.69. The maximum absolute atomic E-state index is 6.05. The van der Waals surface area contributed by atoms with Gasteiger partial charge < -0.3 is 10.1 Å². The Balaban J connectivity index is 1.46. The molecule has 0 spiro atoms. The monoisotopic (exact) mass is 301 g/mol. The van der Waals surface area contributed by atoms with Crippen LogP contribution >= 0.6 is 11.6 Å². The Kier molecular flexibility index (Phi) is 4.47. The second-order valence-electron chi connectivity index (χ2n) is 5.65. The van der Waals surface area contributed by atoms with Crippen molar-refractivity contribution in [3.8, 4) is 5.75 Å². The van der Waals surface area contributed by atoms with E-state index in [1.54, 1.807) is 7.11 Å². The predicted octanol–water partition coefficient (Wildman–Crippen LogP) is 4.38. The minimum Gasteiger partial charge on any atom is -0.497 e. The van der Waals surface area contributed by atoms with E-state index in [4.69, 9.17) is 16.3 Å². The molecular formula is C18H20ClNO. The summed E-state index contributed by atoms with van der Waals surface area (Å²) in [4.78, 5) is 0. The highest BCUT2D eigenvalue weighted by Crippen LogP contribution is 2.37. The van der Waals surface area contributed by atoms with E-state index in [9.17, 15) is 0 Å². The van der Waals surface area contributed by atoms with E-state index < -0.39 is 0 Å². The molecule has 1 saturated carbocycles. The lowest BCUT2D eigenvalue weighted by Crippen LogP contribution is -2.39. The summed E-state index contributed by atoms with van der Waals surface area (Å²) in [6, 6.07) is 17.1. The lowest BCUT2D eigenvalue weighted by atomic mass is 9.76. The van der Waals surface area contributed by atoms with Crippen molar-refractivity contribution in [3.63, 3.8) is 0 Å². The van der Waals surface area contributed by atoms with E-state index in [2.05, 4.69) is 29.6 Å². The zero-order chi connectivity index (χ0) is 14.7. The molecule has 1 N–H and O–H groups in total. The van der Waals surface area contributed by atoms with Crippen molar-refractivity contribution in [2.45, 2.75) is 31.3 Å². The smallest absolute Gasteiger partial charge is 0.118 e. The Bertz CT molecular complexity index is 590. The van der Waals surface area contributed by atoms with Crippen molar-refractivity contribution >= 4 is 11.6 Å². The number of ether oxygens (including phenoxy) is 1. The molecular weight excluding hydrogens is 282 g/mol. The van der Waals surface area contributed by atoms with Crippen LogP contribution in [-0.2, 0) is 6.54 Å². The molecule has 0 unspecified atom stereocenters. The van der Waals surface area contributed by atoms with Crippen LogP contribution in [0.15, 0.2) is 48.5 Å². The van der Waals surface area contributed by atoms with Gasteiger partial charge in [0, 0.05) is 17.6 Å². The van der Waals surface area contributed by atoms with Crippen LogP contribution in [0.1, 0.15) is 29.9 Å². The molecule has 1 aliphatic rings. The lowest BCUT2D eigenvalue weighted by molar-refractivity contribution is 0.289. The first-order chi connectivity index (χ1) is 10.2. The number of halogens is 1. The molecule has 0 aliphatic heterocycles. The summed E-state index contributed by atoms with van der Waals surface area (Å²) in [5, 5.41) is 4.45. The Hall–Kier alpha value is -1.51. The molecule has 0 radical (unpaired) electrons. The van der Waals surface area contributed by atoms with Gasteiger partial charge in [0.15, 0.2) is 0 Å². The number of hydrogen-bond donors (Lipinski definition) is 1. The maximum Gasteiger partial charge on any atom is 0.118 e. The van der Waals surface area contributed by atoms with Crippen LogP contribution in [0.25, 0.3) is 0 Å². The van der Waals surface area contributed by atoms with E-state index >= 15 is 0 Å². The van der Waals surface area contributed by atoms with Gasteiger partial charge in [-0.25, -0.2) is 0 Å². The molecule has 0 heterocycles. The summed E-state index contributed by atoms with van der Waals surface area (Å²) in [6.07, 6.45) is 2.38. The van der Waals surface area contributed by atoms with Gasteiger partial charge in [0.25, 0.3) is 0 Å². The predicted molar refractivity (Wildman–Crippen MR) is 87.0 cm³/mol. The summed E-state index contributed by atoms with van der Waals surface area (Å²) in [5.74, 6) is 1.56. The molecule has 1 fully saturated rings. The Morgan fingerprint density at radius 2 is 1.90 bits per heavy atom. The van der Waals surface area contributed by atoms with Gasteiger partial charge in [0.2, 0.25) is 0 Å². The standard InChI is InChI=1S/C18H20ClNO/c1-21-18-7-5-13(6-8-18)12-20-17-10-15(11-17)14-3-2-4-16(19)9-14/h2-9,15,17,20H,10-12H2,1H3. The molecule has 0 aromatic heterocycles. The van der Waals surface area contributed by atoms with Crippen LogP contribution in [0.3, 0.4) is 0 Å². The molecule has 0 amide bonds. The van der Waals surface area contributed by atoms with Gasteiger partial charge >= 0.3 is 0 Å². The second kappa shape index (κ2) is 6.50. The minimum absolute atomic E-state index is 0.607. The summed E-state index contributed by atoms with van der Waals surface area (Å²) < 4.78 is 5.17. The van der Waals surface area contributed by atoms with Crippen molar-refractivity contribution < 1.29 is 4.74 Å². The van der Waals surface area contributed by atoms with Crippen LogP contribution in [0, 0.1) is 0 Å². The Morgan fingerprint density at radius 3 is 2.57 bits per heavy atom. The molecule has 2 nitrogen and oxygen atoms in total. The van der Waals surface area contributed by atoms with Crippen molar-refractivity contribution in [3.05, 3.63) is 64.7 Å². The van der Waals surface area contributed by atoms with E-state index in [1.165, 1.54) is 24.0 Å². The average Bonchev–Trinajstić information content (AvgIpc) is 2.46. The minimum atomic E-state index is 0.607. The maximum atomic E-state index is 6.05. The number of nitrogens with one attached hydrogen (secondary N) is 1. The van der Waals surface area contributed by atoms with Crippen molar-refractivity contribution in [2.24, 2.45) is 0 Å². The molecule has 3 rings (SSSR count). The fraction of sp³-hybridized carbons (Fsp3) is 0.333. The van der Waals surface area contributed by atoms with Gasteiger partial charge in [-0.3, -0.25) is 0 Å². The number of rotatable bonds is 5. The van der Waals surface area contributed by atoms with Crippen molar-refractivity contribution in [2.75, 3.05) is 7.11 Å². The van der Waals surface area contributed by atoms with Crippen molar-refractivity contribution in [1.82, 2.24) is 5.32 Å². The normalized spacial score (nSPS) is 20.9. The number of benzene rings is 2. The molecule has 110 valence electrons. The molecule has 0 atom stereocenters. The summed E-state index contributed by atoms with van der Waals surface area (Å²) in [5.41, 5.74) is 2.66. The fourth-order valence-corrected chi connectivity index (χ4v) is 3.02. The van der Waals surface area contributed by atoms with Crippen LogP contribution in [-0.4, -0.2) is 13.2 Å². The highest BCUT2D eigenvalue weighted by atomic mass is 35.5. The first-order valence-corrected chi connectivity index (χ1v) is 7.74. The van der Waals surface area contributed by atoms with E-state index in [1.807, 2.05) is 24.3 Å². The molecule has 1 aliphatic carbocycles.